The topological polar surface area (TPSA) is 26.0 Å². The first-order valence-electron chi connectivity index (χ1n) is 5.57. The van der Waals surface area contributed by atoms with Crippen molar-refractivity contribution >= 4 is 15.9 Å². The second-order valence-corrected chi connectivity index (χ2v) is 5.09. The molecule has 0 aromatic heterocycles. The molecule has 0 spiro atoms. The van der Waals surface area contributed by atoms with Crippen molar-refractivity contribution in [3.05, 3.63) is 68.9 Å². The van der Waals surface area contributed by atoms with Crippen molar-refractivity contribution in [2.45, 2.75) is 13.0 Å². The average Bonchev–Trinajstić information content (AvgIpc) is 2.33. The highest BCUT2D eigenvalue weighted by molar-refractivity contribution is 9.10. The van der Waals surface area contributed by atoms with Gasteiger partial charge in [0.2, 0.25) is 0 Å². The van der Waals surface area contributed by atoms with Crippen molar-refractivity contribution in [2.24, 2.45) is 5.73 Å². The van der Waals surface area contributed by atoms with Crippen LogP contribution in [0.25, 0.3) is 0 Å². The highest BCUT2D eigenvalue weighted by atomic mass is 79.9. The Bertz CT molecular complexity index is 608. The highest BCUT2D eigenvalue weighted by Crippen LogP contribution is 2.31. The molecule has 2 aromatic carbocycles. The van der Waals surface area contributed by atoms with Crippen molar-refractivity contribution in [3.8, 4) is 0 Å². The summed E-state index contributed by atoms with van der Waals surface area (Å²) in [6, 6.07) is 5.31. The molecule has 2 aromatic rings. The number of halogens is 4. The van der Waals surface area contributed by atoms with Gasteiger partial charge in [-0.05, 0) is 36.8 Å². The van der Waals surface area contributed by atoms with Crippen LogP contribution in [0.5, 0.6) is 0 Å². The number of benzene rings is 2. The largest absolute Gasteiger partial charge is 0.320 e. The van der Waals surface area contributed by atoms with Gasteiger partial charge in [0.1, 0.15) is 17.5 Å². The van der Waals surface area contributed by atoms with Crippen LogP contribution in [0.3, 0.4) is 0 Å². The minimum Gasteiger partial charge on any atom is -0.320 e. The van der Waals surface area contributed by atoms with Crippen molar-refractivity contribution in [2.75, 3.05) is 0 Å². The molecule has 0 radical (unpaired) electrons. The molecular formula is C14H11BrF3N. The third-order valence-electron chi connectivity index (χ3n) is 2.92. The monoisotopic (exact) mass is 329 g/mol. The summed E-state index contributed by atoms with van der Waals surface area (Å²) in [6.07, 6.45) is 0. The predicted octanol–water partition coefficient (Wildman–Crippen LogP) is 4.22. The molecule has 0 amide bonds. The summed E-state index contributed by atoms with van der Waals surface area (Å²) in [5.74, 6) is -1.79. The third-order valence-corrected chi connectivity index (χ3v) is 3.62. The molecule has 0 aliphatic carbocycles. The SMILES string of the molecule is Cc1cc(F)c(C(N)c2c(F)cccc2Br)cc1F. The van der Waals surface area contributed by atoms with Crippen LogP contribution in [-0.2, 0) is 0 Å². The lowest BCUT2D eigenvalue weighted by Gasteiger charge is -2.16. The number of aryl methyl sites for hydroxylation is 1. The van der Waals surface area contributed by atoms with E-state index in [0.29, 0.717) is 4.47 Å². The summed E-state index contributed by atoms with van der Waals surface area (Å²) >= 11 is 3.17. The van der Waals surface area contributed by atoms with Crippen molar-refractivity contribution in [1.82, 2.24) is 0 Å². The maximum absolute atomic E-state index is 13.8. The van der Waals surface area contributed by atoms with Gasteiger partial charge in [-0.1, -0.05) is 22.0 Å². The molecule has 2 N–H and O–H groups in total. The first kappa shape index (κ1) is 14.1. The van der Waals surface area contributed by atoms with Crippen molar-refractivity contribution in [1.29, 1.82) is 0 Å². The van der Waals surface area contributed by atoms with Crippen LogP contribution in [0.2, 0.25) is 0 Å². The molecule has 0 fully saturated rings. The molecule has 5 heteroatoms. The summed E-state index contributed by atoms with van der Waals surface area (Å²) in [5, 5.41) is 0. The minimum absolute atomic E-state index is 0.0751. The van der Waals surface area contributed by atoms with Crippen LogP contribution in [0, 0.1) is 24.4 Å². The van der Waals surface area contributed by atoms with Gasteiger partial charge in [-0.2, -0.15) is 0 Å². The number of hydrogen-bond donors (Lipinski definition) is 1. The van der Waals surface area contributed by atoms with E-state index in [0.717, 1.165) is 12.1 Å². The van der Waals surface area contributed by atoms with E-state index in [1.807, 2.05) is 0 Å². The lowest BCUT2D eigenvalue weighted by molar-refractivity contribution is 0.558. The standard InChI is InChI=1S/C14H11BrF3N/c1-7-5-12(18)8(6-11(7)17)14(19)13-9(15)3-2-4-10(13)16/h2-6,14H,19H2,1H3. The quantitative estimate of drug-likeness (QED) is 0.876. The van der Waals surface area contributed by atoms with Gasteiger partial charge < -0.3 is 5.73 Å². The fourth-order valence-electron chi connectivity index (χ4n) is 1.86. The molecule has 0 bridgehead atoms. The van der Waals surface area contributed by atoms with E-state index in [-0.39, 0.29) is 16.7 Å². The fourth-order valence-corrected chi connectivity index (χ4v) is 2.45. The lowest BCUT2D eigenvalue weighted by atomic mass is 9.97. The molecule has 19 heavy (non-hydrogen) atoms. The van der Waals surface area contributed by atoms with E-state index in [9.17, 15) is 13.2 Å². The Morgan fingerprint density at radius 3 is 2.37 bits per heavy atom. The van der Waals surface area contributed by atoms with Crippen LogP contribution in [0.4, 0.5) is 13.2 Å². The molecule has 1 unspecified atom stereocenters. The van der Waals surface area contributed by atoms with Crippen LogP contribution in [0.15, 0.2) is 34.8 Å². The Labute approximate surface area is 117 Å². The molecule has 0 saturated carbocycles. The van der Waals surface area contributed by atoms with Gasteiger partial charge in [0.05, 0.1) is 6.04 Å². The molecule has 2 rings (SSSR count). The minimum atomic E-state index is -1.08. The van der Waals surface area contributed by atoms with E-state index < -0.39 is 23.5 Å². The molecule has 1 atom stereocenters. The molecule has 0 aliphatic rings. The number of hydrogen-bond acceptors (Lipinski definition) is 1. The van der Waals surface area contributed by atoms with E-state index in [1.165, 1.54) is 19.1 Å². The lowest BCUT2D eigenvalue weighted by Crippen LogP contribution is -2.16. The van der Waals surface area contributed by atoms with Gasteiger partial charge in [-0.3, -0.25) is 0 Å². The van der Waals surface area contributed by atoms with Gasteiger partial charge in [0.25, 0.3) is 0 Å². The van der Waals surface area contributed by atoms with Crippen LogP contribution >= 0.6 is 15.9 Å². The molecule has 0 heterocycles. The Morgan fingerprint density at radius 1 is 1.05 bits per heavy atom. The Balaban J connectivity index is 2.56. The Kier molecular flexibility index (Phi) is 3.96. The van der Waals surface area contributed by atoms with Crippen LogP contribution in [-0.4, -0.2) is 0 Å². The smallest absolute Gasteiger partial charge is 0.129 e. The van der Waals surface area contributed by atoms with Gasteiger partial charge >= 0.3 is 0 Å². The molecule has 0 aliphatic heterocycles. The molecule has 100 valence electrons. The van der Waals surface area contributed by atoms with Gasteiger partial charge in [-0.25, -0.2) is 13.2 Å². The maximum Gasteiger partial charge on any atom is 0.129 e. The summed E-state index contributed by atoms with van der Waals surface area (Å²) in [4.78, 5) is 0. The first-order valence-corrected chi connectivity index (χ1v) is 6.36. The third kappa shape index (κ3) is 2.67. The van der Waals surface area contributed by atoms with Gasteiger partial charge in [-0.15, -0.1) is 0 Å². The zero-order valence-electron chi connectivity index (χ0n) is 10.1. The number of nitrogens with two attached hydrogens (primary N) is 1. The second kappa shape index (κ2) is 5.35. The summed E-state index contributed by atoms with van der Waals surface area (Å²) in [6.45, 7) is 1.45. The Hall–Kier alpha value is -1.33. The highest BCUT2D eigenvalue weighted by Gasteiger charge is 2.21. The number of rotatable bonds is 2. The zero-order valence-corrected chi connectivity index (χ0v) is 11.6. The summed E-state index contributed by atoms with van der Waals surface area (Å²) < 4.78 is 41.5. The normalized spacial score (nSPS) is 12.5. The summed E-state index contributed by atoms with van der Waals surface area (Å²) in [7, 11) is 0. The van der Waals surface area contributed by atoms with E-state index in [1.54, 1.807) is 6.07 Å². The maximum atomic E-state index is 13.8. The molecular weight excluding hydrogens is 319 g/mol. The van der Waals surface area contributed by atoms with Crippen molar-refractivity contribution < 1.29 is 13.2 Å². The Morgan fingerprint density at radius 2 is 1.74 bits per heavy atom. The van der Waals surface area contributed by atoms with Gasteiger partial charge in [0.15, 0.2) is 0 Å². The molecule has 0 saturated heterocycles. The van der Waals surface area contributed by atoms with Crippen LogP contribution < -0.4 is 5.73 Å². The summed E-state index contributed by atoms with van der Waals surface area (Å²) in [5.41, 5.74) is 6.07. The predicted molar refractivity (Wildman–Crippen MR) is 71.2 cm³/mol. The zero-order chi connectivity index (χ0) is 14.2. The fraction of sp³-hybridized carbons (Fsp3) is 0.143. The first-order chi connectivity index (χ1) is 8.91. The van der Waals surface area contributed by atoms with Crippen molar-refractivity contribution in [3.63, 3.8) is 0 Å². The van der Waals surface area contributed by atoms with E-state index in [4.69, 9.17) is 5.73 Å². The average molecular weight is 330 g/mol. The van der Waals surface area contributed by atoms with E-state index >= 15 is 0 Å². The molecule has 1 nitrogen and oxygen atoms in total. The van der Waals surface area contributed by atoms with Crippen LogP contribution in [0.1, 0.15) is 22.7 Å². The van der Waals surface area contributed by atoms with Gasteiger partial charge in [0, 0.05) is 15.6 Å². The second-order valence-electron chi connectivity index (χ2n) is 4.24. The van der Waals surface area contributed by atoms with E-state index in [2.05, 4.69) is 15.9 Å².